The largest absolute Gasteiger partial charge is 0.312 e. The third-order valence-corrected chi connectivity index (χ3v) is 4.84. The molecule has 0 bridgehead atoms. The second-order valence-corrected chi connectivity index (χ2v) is 6.74. The summed E-state index contributed by atoms with van der Waals surface area (Å²) in [5.74, 6) is 0. The number of benzene rings is 1. The molecule has 2 rings (SSSR count). The number of nitrogens with zero attached hydrogens (tertiary/aromatic N) is 1. The molecule has 20 heavy (non-hydrogen) atoms. The lowest BCUT2D eigenvalue weighted by molar-refractivity contribution is 0.477. The van der Waals surface area contributed by atoms with Gasteiger partial charge in [0.1, 0.15) is 0 Å². The van der Waals surface area contributed by atoms with Crippen LogP contribution in [0.15, 0.2) is 35.7 Å². The van der Waals surface area contributed by atoms with Crippen molar-refractivity contribution in [3.63, 3.8) is 0 Å². The van der Waals surface area contributed by atoms with Crippen LogP contribution in [0.5, 0.6) is 0 Å². The molecular formula is C16H17ClN2S. The van der Waals surface area contributed by atoms with Crippen LogP contribution in [0.3, 0.4) is 0 Å². The van der Waals surface area contributed by atoms with Gasteiger partial charge in [-0.1, -0.05) is 37.6 Å². The zero-order chi connectivity index (χ0) is 14.6. The summed E-state index contributed by atoms with van der Waals surface area (Å²) in [5.41, 5.74) is 1.72. The topological polar surface area (TPSA) is 35.8 Å². The zero-order valence-corrected chi connectivity index (χ0v) is 13.2. The van der Waals surface area contributed by atoms with E-state index >= 15 is 0 Å². The van der Waals surface area contributed by atoms with Crippen molar-refractivity contribution in [1.29, 1.82) is 5.26 Å². The molecule has 0 aliphatic carbocycles. The molecule has 1 aromatic heterocycles. The first-order chi connectivity index (χ1) is 9.53. The Kier molecular flexibility index (Phi) is 4.82. The molecule has 0 fully saturated rings. The summed E-state index contributed by atoms with van der Waals surface area (Å²) in [7, 11) is 0. The summed E-state index contributed by atoms with van der Waals surface area (Å²) in [6, 6.07) is 11.8. The minimum Gasteiger partial charge on any atom is -0.312 e. The molecule has 1 heterocycles. The van der Waals surface area contributed by atoms with Gasteiger partial charge in [0.25, 0.3) is 0 Å². The Morgan fingerprint density at radius 1 is 1.35 bits per heavy atom. The Morgan fingerprint density at radius 3 is 2.75 bits per heavy atom. The highest BCUT2D eigenvalue weighted by molar-refractivity contribution is 7.10. The van der Waals surface area contributed by atoms with Gasteiger partial charge in [-0.05, 0) is 29.1 Å². The molecule has 0 radical (unpaired) electrons. The minimum absolute atomic E-state index is 0.104. The quantitative estimate of drug-likeness (QED) is 0.892. The Bertz CT molecular complexity index is 612. The number of rotatable bonds is 5. The van der Waals surface area contributed by atoms with E-state index in [1.165, 1.54) is 4.88 Å². The van der Waals surface area contributed by atoms with Gasteiger partial charge < -0.3 is 5.32 Å². The zero-order valence-electron chi connectivity index (χ0n) is 11.6. The van der Waals surface area contributed by atoms with Crippen molar-refractivity contribution in [2.45, 2.75) is 25.8 Å². The van der Waals surface area contributed by atoms with Gasteiger partial charge in [-0.15, -0.1) is 11.3 Å². The molecule has 0 aliphatic rings. The van der Waals surface area contributed by atoms with Crippen molar-refractivity contribution in [2.75, 3.05) is 6.54 Å². The van der Waals surface area contributed by atoms with E-state index in [9.17, 15) is 0 Å². The highest BCUT2D eigenvalue weighted by Crippen LogP contribution is 2.27. The van der Waals surface area contributed by atoms with Crippen LogP contribution in [-0.4, -0.2) is 6.54 Å². The predicted molar refractivity (Wildman–Crippen MR) is 85.2 cm³/mol. The fourth-order valence-corrected chi connectivity index (χ4v) is 3.12. The smallest absolute Gasteiger partial charge is 0.0992 e. The van der Waals surface area contributed by atoms with Crippen LogP contribution >= 0.6 is 22.9 Å². The van der Waals surface area contributed by atoms with Crippen molar-refractivity contribution < 1.29 is 0 Å². The van der Waals surface area contributed by atoms with Gasteiger partial charge in [0.2, 0.25) is 0 Å². The van der Waals surface area contributed by atoms with Crippen LogP contribution < -0.4 is 5.32 Å². The number of thiophene rings is 1. The second kappa shape index (κ2) is 6.41. The van der Waals surface area contributed by atoms with E-state index in [1.54, 1.807) is 23.5 Å². The van der Waals surface area contributed by atoms with Crippen molar-refractivity contribution in [2.24, 2.45) is 0 Å². The summed E-state index contributed by atoms with van der Waals surface area (Å²) in [5, 5.41) is 15.0. The van der Waals surface area contributed by atoms with Crippen molar-refractivity contribution in [1.82, 2.24) is 5.32 Å². The van der Waals surface area contributed by atoms with E-state index in [4.69, 9.17) is 16.9 Å². The van der Waals surface area contributed by atoms with Gasteiger partial charge in [0.05, 0.1) is 11.6 Å². The molecule has 2 aromatic rings. The maximum absolute atomic E-state index is 8.82. The average molecular weight is 305 g/mol. The lowest BCUT2D eigenvalue weighted by atomic mass is 9.91. The molecule has 0 atom stereocenters. The number of nitriles is 1. The summed E-state index contributed by atoms with van der Waals surface area (Å²) < 4.78 is 0. The van der Waals surface area contributed by atoms with E-state index in [0.29, 0.717) is 17.1 Å². The van der Waals surface area contributed by atoms with Gasteiger partial charge in [-0.3, -0.25) is 0 Å². The molecule has 0 saturated carbocycles. The van der Waals surface area contributed by atoms with Gasteiger partial charge in [0, 0.05) is 28.4 Å². The second-order valence-electron chi connectivity index (χ2n) is 5.38. The Labute approximate surface area is 129 Å². The van der Waals surface area contributed by atoms with E-state index in [0.717, 1.165) is 12.1 Å². The van der Waals surface area contributed by atoms with Crippen molar-refractivity contribution >= 4 is 22.9 Å². The number of halogens is 1. The number of hydrogen-bond donors (Lipinski definition) is 1. The number of hydrogen-bond acceptors (Lipinski definition) is 3. The molecular weight excluding hydrogens is 288 g/mol. The standard InChI is InChI=1S/C16H17ClN2S/c1-16(2,15-4-3-7-20-15)11-19-10-13-6-5-12(9-18)8-14(13)17/h3-8,19H,10-11H2,1-2H3. The van der Waals surface area contributed by atoms with E-state index in [2.05, 4.69) is 42.7 Å². The van der Waals surface area contributed by atoms with Crippen LogP contribution in [0.2, 0.25) is 5.02 Å². The predicted octanol–water partition coefficient (Wildman–Crippen LogP) is 4.34. The van der Waals surface area contributed by atoms with Gasteiger partial charge in [-0.25, -0.2) is 0 Å². The van der Waals surface area contributed by atoms with Crippen LogP contribution in [0.1, 0.15) is 29.9 Å². The Balaban J connectivity index is 1.95. The van der Waals surface area contributed by atoms with E-state index in [-0.39, 0.29) is 5.41 Å². The monoisotopic (exact) mass is 304 g/mol. The van der Waals surface area contributed by atoms with E-state index < -0.39 is 0 Å². The molecule has 4 heteroatoms. The maximum Gasteiger partial charge on any atom is 0.0992 e. The van der Waals surface area contributed by atoms with Crippen molar-refractivity contribution in [3.05, 3.63) is 56.7 Å². The summed E-state index contributed by atoms with van der Waals surface area (Å²) >= 11 is 7.95. The molecule has 0 saturated heterocycles. The van der Waals surface area contributed by atoms with Crippen LogP contribution in [0.4, 0.5) is 0 Å². The first-order valence-electron chi connectivity index (χ1n) is 6.46. The average Bonchev–Trinajstić information content (AvgIpc) is 2.95. The number of nitrogens with one attached hydrogen (secondary N) is 1. The first-order valence-corrected chi connectivity index (χ1v) is 7.72. The summed E-state index contributed by atoms with van der Waals surface area (Å²) in [6.07, 6.45) is 0. The molecule has 2 nitrogen and oxygen atoms in total. The van der Waals surface area contributed by atoms with Gasteiger partial charge >= 0.3 is 0 Å². The third kappa shape index (κ3) is 3.61. The molecule has 1 N–H and O–H groups in total. The van der Waals surface area contributed by atoms with Gasteiger partial charge in [0.15, 0.2) is 0 Å². The summed E-state index contributed by atoms with van der Waals surface area (Å²) in [4.78, 5) is 1.37. The molecule has 0 amide bonds. The van der Waals surface area contributed by atoms with Crippen molar-refractivity contribution in [3.8, 4) is 6.07 Å². The van der Waals surface area contributed by atoms with Crippen LogP contribution in [0, 0.1) is 11.3 Å². The van der Waals surface area contributed by atoms with Crippen LogP contribution in [-0.2, 0) is 12.0 Å². The molecule has 0 unspecified atom stereocenters. The minimum atomic E-state index is 0.104. The summed E-state index contributed by atoms with van der Waals surface area (Å²) in [6.45, 7) is 6.04. The normalized spacial score (nSPS) is 11.3. The Morgan fingerprint density at radius 2 is 2.15 bits per heavy atom. The molecule has 104 valence electrons. The third-order valence-electron chi connectivity index (χ3n) is 3.25. The van der Waals surface area contributed by atoms with E-state index in [1.807, 2.05) is 6.07 Å². The molecule has 0 aliphatic heterocycles. The fourth-order valence-electron chi connectivity index (χ4n) is 2.02. The van der Waals surface area contributed by atoms with Crippen LogP contribution in [0.25, 0.3) is 0 Å². The molecule has 0 spiro atoms. The fraction of sp³-hybridized carbons (Fsp3) is 0.312. The lowest BCUT2D eigenvalue weighted by Crippen LogP contribution is -2.31. The molecule has 1 aromatic carbocycles. The Hall–Kier alpha value is -1.34. The highest BCUT2D eigenvalue weighted by atomic mass is 35.5. The lowest BCUT2D eigenvalue weighted by Gasteiger charge is -2.24. The first kappa shape index (κ1) is 15.1. The SMILES string of the molecule is CC(C)(CNCc1ccc(C#N)cc1Cl)c1cccs1. The van der Waals surface area contributed by atoms with Gasteiger partial charge in [-0.2, -0.15) is 5.26 Å². The maximum atomic E-state index is 8.82. The highest BCUT2D eigenvalue weighted by Gasteiger charge is 2.21.